The second-order valence-electron chi connectivity index (χ2n) is 2.31. The van der Waals surface area contributed by atoms with Gasteiger partial charge in [0.1, 0.15) is 0 Å². The number of carbonyl (C=O) groups excluding carboxylic acids is 1. The van der Waals surface area contributed by atoms with Gasteiger partial charge in [0.25, 0.3) is 5.78 Å². The quantitative estimate of drug-likeness (QED) is 0.527. The van der Waals surface area contributed by atoms with Gasteiger partial charge in [0.2, 0.25) is 0 Å². The normalized spacial score (nSPS) is 14.5. The predicted octanol–water partition coefficient (Wildman–Crippen LogP) is 1.05. The number of rotatable bonds is 2. The van der Waals surface area contributed by atoms with Gasteiger partial charge in [-0.3, -0.25) is 9.79 Å². The summed E-state index contributed by atoms with van der Waals surface area (Å²) in [7, 11) is 1.26. The number of Topliss-reactive ketones (excluding diaryl/α,β-unsaturated/α-hetero) is 1. The lowest BCUT2D eigenvalue weighted by Crippen LogP contribution is -2.27. The molecule has 0 aliphatic carbocycles. The highest BCUT2D eigenvalue weighted by Crippen LogP contribution is 2.20. The minimum absolute atomic E-state index is 0.201. The minimum atomic E-state index is -4.91. The van der Waals surface area contributed by atoms with Crippen LogP contribution in [0, 0.1) is 0 Å². The van der Waals surface area contributed by atoms with Crippen molar-refractivity contribution >= 4 is 12.0 Å². The van der Waals surface area contributed by atoms with Gasteiger partial charge in [-0.15, -0.1) is 0 Å². The first-order valence-electron chi connectivity index (χ1n) is 3.30. The second kappa shape index (κ2) is 4.06. The van der Waals surface area contributed by atoms with Gasteiger partial charge < -0.3 is 5.73 Å². The molecule has 0 bridgehead atoms. The molecule has 0 aromatic heterocycles. The Bertz CT molecular complexity index is 261. The van der Waals surface area contributed by atoms with E-state index in [1.807, 2.05) is 0 Å². The molecule has 0 saturated heterocycles. The summed E-state index contributed by atoms with van der Waals surface area (Å²) in [6.45, 7) is 1.21. The third kappa shape index (κ3) is 3.27. The highest BCUT2D eigenvalue weighted by molar-refractivity contribution is 6.16. The molecule has 0 aromatic rings. The Morgan fingerprint density at radius 3 is 2.15 bits per heavy atom. The van der Waals surface area contributed by atoms with E-state index in [0.29, 0.717) is 0 Å². The van der Waals surface area contributed by atoms with Crippen LogP contribution < -0.4 is 5.73 Å². The van der Waals surface area contributed by atoms with Crippen molar-refractivity contribution < 1.29 is 18.0 Å². The molecule has 0 aromatic carbocycles. The first-order valence-corrected chi connectivity index (χ1v) is 3.30. The molecular weight excluding hydrogens is 185 g/mol. The molecular formula is C7H9F3N2O. The number of alkyl halides is 3. The Kier molecular flexibility index (Phi) is 3.65. The summed E-state index contributed by atoms with van der Waals surface area (Å²) in [5, 5.41) is 0. The number of hydrogen-bond acceptors (Lipinski definition) is 3. The van der Waals surface area contributed by atoms with E-state index >= 15 is 0 Å². The van der Waals surface area contributed by atoms with Crippen molar-refractivity contribution in [2.75, 3.05) is 7.05 Å². The van der Waals surface area contributed by atoms with E-state index in [9.17, 15) is 18.0 Å². The van der Waals surface area contributed by atoms with Gasteiger partial charge in [-0.25, -0.2) is 0 Å². The van der Waals surface area contributed by atoms with E-state index in [-0.39, 0.29) is 5.70 Å². The summed E-state index contributed by atoms with van der Waals surface area (Å²) in [4.78, 5) is 14.0. The fourth-order valence-corrected chi connectivity index (χ4v) is 0.621. The summed E-state index contributed by atoms with van der Waals surface area (Å²) < 4.78 is 35.6. The average molecular weight is 194 g/mol. The van der Waals surface area contributed by atoms with Crippen LogP contribution in [0.4, 0.5) is 13.2 Å². The van der Waals surface area contributed by atoms with E-state index in [2.05, 4.69) is 4.99 Å². The minimum Gasteiger partial charge on any atom is -0.402 e. The number of nitrogens with zero attached hydrogens (tertiary/aromatic N) is 1. The Labute approximate surface area is 73.1 Å². The molecule has 0 aliphatic heterocycles. The highest BCUT2D eigenvalue weighted by atomic mass is 19.4. The van der Waals surface area contributed by atoms with Crippen LogP contribution in [0.1, 0.15) is 6.92 Å². The SMILES string of the molecule is CN=CC(C(=O)C(F)(F)F)=C(C)N. The Hall–Kier alpha value is -1.33. The molecule has 13 heavy (non-hydrogen) atoms. The van der Waals surface area contributed by atoms with E-state index in [1.54, 1.807) is 0 Å². The average Bonchev–Trinajstić information content (AvgIpc) is 1.96. The maximum Gasteiger partial charge on any atom is 0.454 e. The fourth-order valence-electron chi connectivity index (χ4n) is 0.621. The summed E-state index contributed by atoms with van der Waals surface area (Å²) in [5.74, 6) is -1.97. The maximum atomic E-state index is 11.9. The number of aliphatic imine (C=N–C) groups is 1. The van der Waals surface area contributed by atoms with Crippen LogP contribution in [0.5, 0.6) is 0 Å². The van der Waals surface area contributed by atoms with Crippen LogP contribution in [-0.2, 0) is 4.79 Å². The molecule has 6 heteroatoms. The maximum absolute atomic E-state index is 11.9. The van der Waals surface area contributed by atoms with Gasteiger partial charge in [-0.05, 0) is 6.92 Å². The molecule has 0 radical (unpaired) electrons. The zero-order valence-electron chi connectivity index (χ0n) is 7.14. The lowest BCUT2D eigenvalue weighted by Gasteiger charge is -2.06. The topological polar surface area (TPSA) is 55.5 Å². The monoisotopic (exact) mass is 194 g/mol. The van der Waals surface area contributed by atoms with Crippen LogP contribution in [0.25, 0.3) is 0 Å². The Morgan fingerprint density at radius 1 is 1.46 bits per heavy atom. The van der Waals surface area contributed by atoms with E-state index in [1.165, 1.54) is 14.0 Å². The number of hydrogen-bond donors (Lipinski definition) is 1. The third-order valence-corrected chi connectivity index (χ3v) is 1.19. The Morgan fingerprint density at radius 2 is 1.92 bits per heavy atom. The van der Waals surface area contributed by atoms with Gasteiger partial charge in [0.05, 0.1) is 5.57 Å². The Balaban J connectivity index is 5.03. The van der Waals surface area contributed by atoms with Crippen molar-refractivity contribution in [2.24, 2.45) is 10.7 Å². The number of ketones is 1. The first kappa shape index (κ1) is 11.7. The molecule has 0 amide bonds. The van der Waals surface area contributed by atoms with Gasteiger partial charge >= 0.3 is 6.18 Å². The van der Waals surface area contributed by atoms with Gasteiger partial charge in [0.15, 0.2) is 0 Å². The number of carbonyl (C=O) groups is 1. The van der Waals surface area contributed by atoms with Crippen molar-refractivity contribution in [1.29, 1.82) is 0 Å². The molecule has 0 atom stereocenters. The lowest BCUT2D eigenvalue weighted by atomic mass is 10.1. The molecule has 3 nitrogen and oxygen atoms in total. The molecule has 2 N–H and O–H groups in total. The molecule has 0 heterocycles. The van der Waals surface area contributed by atoms with Crippen LogP contribution in [0.2, 0.25) is 0 Å². The predicted molar refractivity (Wildman–Crippen MR) is 42.4 cm³/mol. The number of halogens is 3. The van der Waals surface area contributed by atoms with Crippen molar-refractivity contribution in [3.05, 3.63) is 11.3 Å². The van der Waals surface area contributed by atoms with Gasteiger partial charge in [-0.1, -0.05) is 0 Å². The van der Waals surface area contributed by atoms with Crippen LogP contribution in [0.15, 0.2) is 16.3 Å². The first-order chi connectivity index (χ1) is 5.80. The number of nitrogens with two attached hydrogens (primary N) is 1. The molecule has 0 spiro atoms. The van der Waals surface area contributed by atoms with Crippen molar-refractivity contribution in [3.63, 3.8) is 0 Å². The van der Waals surface area contributed by atoms with Crippen LogP contribution >= 0.6 is 0 Å². The summed E-state index contributed by atoms with van der Waals surface area (Å²) >= 11 is 0. The lowest BCUT2D eigenvalue weighted by molar-refractivity contribution is -0.165. The highest BCUT2D eigenvalue weighted by Gasteiger charge is 2.40. The number of allylic oxidation sites excluding steroid dienone is 2. The van der Waals surface area contributed by atoms with Crippen LogP contribution in [-0.4, -0.2) is 25.2 Å². The van der Waals surface area contributed by atoms with Crippen molar-refractivity contribution in [2.45, 2.75) is 13.1 Å². The zero-order chi connectivity index (χ0) is 10.6. The van der Waals surface area contributed by atoms with E-state index < -0.39 is 17.5 Å². The van der Waals surface area contributed by atoms with Gasteiger partial charge in [-0.2, -0.15) is 13.2 Å². The fraction of sp³-hybridized carbons (Fsp3) is 0.429. The summed E-state index contributed by atoms with van der Waals surface area (Å²) in [6.07, 6.45) is -4.11. The summed E-state index contributed by atoms with van der Waals surface area (Å²) in [5.41, 5.74) is 4.27. The van der Waals surface area contributed by atoms with E-state index in [0.717, 1.165) is 6.21 Å². The molecule has 0 saturated carbocycles. The van der Waals surface area contributed by atoms with Crippen LogP contribution in [0.3, 0.4) is 0 Å². The van der Waals surface area contributed by atoms with Gasteiger partial charge in [0, 0.05) is 19.0 Å². The molecule has 0 unspecified atom stereocenters. The third-order valence-electron chi connectivity index (χ3n) is 1.19. The smallest absolute Gasteiger partial charge is 0.402 e. The standard InChI is InChI=1S/C7H9F3N2O/c1-4(11)5(3-12-2)6(13)7(8,9)10/h3H,11H2,1-2H3. The molecule has 0 aliphatic rings. The largest absolute Gasteiger partial charge is 0.454 e. The summed E-state index contributed by atoms with van der Waals surface area (Å²) in [6, 6.07) is 0. The second-order valence-corrected chi connectivity index (χ2v) is 2.31. The zero-order valence-corrected chi connectivity index (χ0v) is 7.14. The molecule has 0 fully saturated rings. The molecule has 0 rings (SSSR count). The van der Waals surface area contributed by atoms with Crippen molar-refractivity contribution in [3.8, 4) is 0 Å². The van der Waals surface area contributed by atoms with E-state index in [4.69, 9.17) is 5.73 Å². The van der Waals surface area contributed by atoms with Crippen molar-refractivity contribution in [1.82, 2.24) is 0 Å². The molecule has 74 valence electrons.